The van der Waals surface area contributed by atoms with Crippen molar-refractivity contribution in [1.29, 1.82) is 0 Å². The van der Waals surface area contributed by atoms with Gasteiger partial charge in [0.15, 0.2) is 0 Å². The van der Waals surface area contributed by atoms with Crippen molar-refractivity contribution in [2.75, 3.05) is 0 Å². The summed E-state index contributed by atoms with van der Waals surface area (Å²) in [6, 6.07) is 5.62. The molecule has 2 atom stereocenters. The molecule has 4 heteroatoms. The molecule has 14 heavy (non-hydrogen) atoms. The molecule has 1 rings (SSSR count). The van der Waals surface area contributed by atoms with Crippen molar-refractivity contribution in [3.05, 3.63) is 41.6 Å². The molecule has 0 spiro atoms. The van der Waals surface area contributed by atoms with Gasteiger partial charge in [-0.2, -0.15) is 0 Å². The number of nitrogens with zero attached hydrogens (tertiary/aromatic N) is 1. The average Bonchev–Trinajstić information content (AvgIpc) is 2.19. The molecule has 0 bridgehead atoms. The highest BCUT2D eigenvalue weighted by molar-refractivity contribution is 7.93. The zero-order valence-corrected chi connectivity index (χ0v) is 9.17. The fraction of sp³-hybridized carbons (Fsp3) is 0.300. The molecule has 3 nitrogen and oxygen atoms in total. The van der Waals surface area contributed by atoms with Crippen LogP contribution in [0.25, 0.3) is 0 Å². The van der Waals surface area contributed by atoms with Gasteiger partial charge in [0, 0.05) is 13.1 Å². The van der Waals surface area contributed by atoms with E-state index in [2.05, 4.69) is 16.3 Å². The molecule has 0 aliphatic heterocycles. The van der Waals surface area contributed by atoms with E-state index in [0.717, 1.165) is 5.69 Å². The van der Waals surface area contributed by atoms with Crippen molar-refractivity contribution in [3.8, 4) is 0 Å². The molecule has 1 aromatic rings. The predicted octanol–water partition coefficient (Wildman–Crippen LogP) is 1.93. The lowest BCUT2D eigenvalue weighted by molar-refractivity contribution is 0.569. The van der Waals surface area contributed by atoms with E-state index in [1.165, 1.54) is 0 Å². The highest BCUT2D eigenvalue weighted by Gasteiger charge is 2.14. The van der Waals surface area contributed by atoms with Gasteiger partial charge >= 0.3 is 0 Å². The lowest BCUT2D eigenvalue weighted by atomic mass is 10.2. The van der Waals surface area contributed by atoms with Gasteiger partial charge in [-0.05, 0) is 25.6 Å². The molecule has 0 aliphatic carbocycles. The highest BCUT2D eigenvalue weighted by atomic mass is 32.2. The molecule has 0 aromatic carbocycles. The summed E-state index contributed by atoms with van der Waals surface area (Å²) >= 11 is -1.19. The van der Waals surface area contributed by atoms with E-state index in [9.17, 15) is 4.55 Å². The third-order valence-corrected chi connectivity index (χ3v) is 2.93. The van der Waals surface area contributed by atoms with Crippen molar-refractivity contribution in [1.82, 2.24) is 9.71 Å². The van der Waals surface area contributed by atoms with Crippen LogP contribution in [0.3, 0.4) is 0 Å². The molecule has 1 heterocycles. The van der Waals surface area contributed by atoms with Crippen molar-refractivity contribution in [3.63, 3.8) is 0 Å². The topological polar surface area (TPSA) is 48.0 Å². The first kappa shape index (κ1) is 11.2. The molecular formula is C10H14N2OS. The Morgan fingerprint density at radius 2 is 2.36 bits per heavy atom. The maximum atomic E-state index is 11.4. The van der Waals surface area contributed by atoms with Crippen LogP contribution in [0.2, 0.25) is 0 Å². The predicted molar refractivity (Wildman–Crippen MR) is 58.7 cm³/mol. The summed E-state index contributed by atoms with van der Waals surface area (Å²) in [4.78, 5) is 4.78. The first-order valence-electron chi connectivity index (χ1n) is 4.35. The minimum atomic E-state index is -1.19. The zero-order chi connectivity index (χ0) is 10.6. The summed E-state index contributed by atoms with van der Waals surface area (Å²) < 4.78 is 14.3. The van der Waals surface area contributed by atoms with Gasteiger partial charge in [0.05, 0.1) is 23.1 Å². The van der Waals surface area contributed by atoms with Crippen LogP contribution in [0.15, 0.2) is 35.9 Å². The number of pyridine rings is 1. The molecule has 0 radical (unpaired) electrons. The van der Waals surface area contributed by atoms with Crippen LogP contribution in [0.5, 0.6) is 0 Å². The van der Waals surface area contributed by atoms with Crippen LogP contribution < -0.4 is 4.72 Å². The first-order valence-corrected chi connectivity index (χ1v) is 5.50. The minimum absolute atomic E-state index is 0.0336. The van der Waals surface area contributed by atoms with Crippen molar-refractivity contribution in [2.24, 2.45) is 0 Å². The first-order chi connectivity index (χ1) is 6.61. The summed E-state index contributed by atoms with van der Waals surface area (Å²) in [5, 5.41) is 0. The molecule has 0 aliphatic rings. The van der Waals surface area contributed by atoms with E-state index < -0.39 is 11.4 Å². The largest absolute Gasteiger partial charge is 0.593 e. The summed E-state index contributed by atoms with van der Waals surface area (Å²) in [5.41, 5.74) is 0.877. The maximum absolute atomic E-state index is 11.4. The van der Waals surface area contributed by atoms with Gasteiger partial charge in [0.25, 0.3) is 0 Å². The van der Waals surface area contributed by atoms with E-state index in [1.807, 2.05) is 25.1 Å². The molecule has 0 saturated carbocycles. The van der Waals surface area contributed by atoms with Crippen LogP contribution >= 0.6 is 0 Å². The van der Waals surface area contributed by atoms with Gasteiger partial charge in [0.2, 0.25) is 0 Å². The van der Waals surface area contributed by atoms with Gasteiger partial charge < -0.3 is 4.55 Å². The van der Waals surface area contributed by atoms with Crippen LogP contribution in [0.4, 0.5) is 0 Å². The van der Waals surface area contributed by atoms with Crippen LogP contribution in [-0.2, 0) is 11.4 Å². The number of nitrogens with one attached hydrogen (secondary N) is 1. The Labute approximate surface area is 87.6 Å². The van der Waals surface area contributed by atoms with Crippen LogP contribution in [0.1, 0.15) is 25.6 Å². The van der Waals surface area contributed by atoms with Crippen LogP contribution in [-0.4, -0.2) is 9.54 Å². The maximum Gasteiger partial charge on any atom is 0.140 e. The number of rotatable bonds is 4. The van der Waals surface area contributed by atoms with Crippen LogP contribution in [0, 0.1) is 0 Å². The second kappa shape index (κ2) is 5.14. The SMILES string of the molecule is C=C(C)[S+]([O-])N[C@H](C)c1ccccn1. The number of hydrogen-bond acceptors (Lipinski definition) is 3. The number of hydrogen-bond donors (Lipinski definition) is 1. The Hall–Kier alpha value is -0.840. The molecule has 0 amide bonds. The van der Waals surface area contributed by atoms with Crippen molar-refractivity contribution >= 4 is 11.4 Å². The second-order valence-corrected chi connectivity index (χ2v) is 4.53. The highest BCUT2D eigenvalue weighted by Crippen LogP contribution is 2.11. The fourth-order valence-corrected chi connectivity index (χ4v) is 1.60. The molecule has 76 valence electrons. The summed E-state index contributed by atoms with van der Waals surface area (Å²) in [5.74, 6) is 0. The average molecular weight is 210 g/mol. The molecule has 1 N–H and O–H groups in total. The molecular weight excluding hydrogens is 196 g/mol. The number of allylic oxidation sites excluding steroid dienone is 1. The Morgan fingerprint density at radius 3 is 2.86 bits per heavy atom. The summed E-state index contributed by atoms with van der Waals surface area (Å²) in [6.45, 7) is 7.27. The van der Waals surface area contributed by atoms with E-state index in [0.29, 0.717) is 4.91 Å². The normalized spacial score (nSPS) is 14.8. The Morgan fingerprint density at radius 1 is 1.64 bits per heavy atom. The van der Waals surface area contributed by atoms with E-state index >= 15 is 0 Å². The lowest BCUT2D eigenvalue weighted by Gasteiger charge is -2.15. The molecule has 0 fully saturated rings. The Bertz CT molecular complexity index is 302. The molecule has 1 aromatic heterocycles. The Balaban J connectivity index is 2.59. The monoisotopic (exact) mass is 210 g/mol. The van der Waals surface area contributed by atoms with Crippen molar-refractivity contribution < 1.29 is 4.55 Å². The van der Waals surface area contributed by atoms with Gasteiger partial charge in [-0.15, -0.1) is 4.72 Å². The lowest BCUT2D eigenvalue weighted by Crippen LogP contribution is -2.27. The van der Waals surface area contributed by atoms with E-state index in [-0.39, 0.29) is 6.04 Å². The Kier molecular flexibility index (Phi) is 4.13. The summed E-state index contributed by atoms with van der Waals surface area (Å²) in [6.07, 6.45) is 1.72. The summed E-state index contributed by atoms with van der Waals surface area (Å²) in [7, 11) is 0. The van der Waals surface area contributed by atoms with Gasteiger partial charge in [-0.1, -0.05) is 6.07 Å². The molecule has 0 saturated heterocycles. The fourth-order valence-electron chi connectivity index (χ4n) is 0.954. The second-order valence-electron chi connectivity index (χ2n) is 3.06. The third kappa shape index (κ3) is 3.14. The van der Waals surface area contributed by atoms with Gasteiger partial charge in [-0.25, -0.2) is 0 Å². The third-order valence-electron chi connectivity index (χ3n) is 1.73. The van der Waals surface area contributed by atoms with Crippen molar-refractivity contribution in [2.45, 2.75) is 19.9 Å². The zero-order valence-electron chi connectivity index (χ0n) is 8.36. The standard InChI is InChI=1S/C10H14N2OS/c1-8(2)14(13)12-9(3)10-6-4-5-7-11-10/h4-7,9,12H,1H2,2-3H3/t9-,14?/m1/s1. The molecule has 1 unspecified atom stereocenters. The quantitative estimate of drug-likeness (QED) is 0.772. The van der Waals surface area contributed by atoms with Gasteiger partial charge in [0.1, 0.15) is 4.91 Å². The minimum Gasteiger partial charge on any atom is -0.593 e. The van der Waals surface area contributed by atoms with E-state index in [1.54, 1.807) is 13.1 Å². The number of aromatic nitrogens is 1. The smallest absolute Gasteiger partial charge is 0.140 e. The van der Waals surface area contributed by atoms with Gasteiger partial charge in [-0.3, -0.25) is 4.98 Å². The van der Waals surface area contributed by atoms with E-state index in [4.69, 9.17) is 0 Å².